The second-order valence-electron chi connectivity index (χ2n) is 4.89. The summed E-state index contributed by atoms with van der Waals surface area (Å²) in [6.07, 6.45) is 4.14. The van der Waals surface area contributed by atoms with Crippen LogP contribution in [0.3, 0.4) is 0 Å². The molecule has 108 valence electrons. The summed E-state index contributed by atoms with van der Waals surface area (Å²) < 4.78 is 0. The first-order valence-electron chi connectivity index (χ1n) is 6.61. The number of rotatable bonds is 3. The van der Waals surface area contributed by atoms with E-state index in [1.807, 2.05) is 0 Å². The molecular formula is C13H15BrN2O2S2. The van der Waals surface area contributed by atoms with Gasteiger partial charge in [-0.05, 0) is 31.2 Å². The van der Waals surface area contributed by atoms with Gasteiger partial charge in [0, 0.05) is 15.5 Å². The molecule has 0 radical (unpaired) electrons. The Morgan fingerprint density at radius 2 is 2.25 bits per heavy atom. The fraction of sp³-hybridized carbons (Fsp3) is 0.538. The number of aryl methyl sites for hydroxylation is 1. The fourth-order valence-corrected chi connectivity index (χ4v) is 5.33. The van der Waals surface area contributed by atoms with Crippen LogP contribution in [0.4, 0.5) is 5.00 Å². The molecule has 1 aromatic heterocycles. The monoisotopic (exact) mass is 374 g/mol. The van der Waals surface area contributed by atoms with Crippen LogP contribution >= 0.6 is 39.0 Å². The van der Waals surface area contributed by atoms with Crippen molar-refractivity contribution < 1.29 is 9.90 Å². The quantitative estimate of drug-likeness (QED) is 0.793. The third-order valence-electron chi connectivity index (χ3n) is 3.49. The summed E-state index contributed by atoms with van der Waals surface area (Å²) in [6, 6.07) is 0. The number of thiophene rings is 1. The highest BCUT2D eigenvalue weighted by atomic mass is 79.9. The summed E-state index contributed by atoms with van der Waals surface area (Å²) in [7, 11) is 0. The Hall–Kier alpha value is -0.530. The Labute approximate surface area is 134 Å². The number of amidine groups is 1. The number of anilines is 1. The lowest BCUT2D eigenvalue weighted by Crippen LogP contribution is -2.11. The number of halogens is 1. The van der Waals surface area contributed by atoms with Gasteiger partial charge in [-0.1, -0.05) is 27.7 Å². The van der Waals surface area contributed by atoms with Crippen molar-refractivity contribution in [2.75, 3.05) is 17.2 Å². The average molecular weight is 375 g/mol. The maximum absolute atomic E-state index is 11.6. The molecule has 1 atom stereocenters. The van der Waals surface area contributed by atoms with Crippen LogP contribution in [0.25, 0.3) is 0 Å². The maximum Gasteiger partial charge on any atom is 0.339 e. The van der Waals surface area contributed by atoms with Crippen LogP contribution in [0.15, 0.2) is 4.99 Å². The van der Waals surface area contributed by atoms with E-state index in [1.165, 1.54) is 4.88 Å². The minimum Gasteiger partial charge on any atom is -0.478 e. The summed E-state index contributed by atoms with van der Waals surface area (Å²) in [5.41, 5.74) is 1.51. The van der Waals surface area contributed by atoms with Gasteiger partial charge in [0.25, 0.3) is 0 Å². The van der Waals surface area contributed by atoms with Gasteiger partial charge in [-0.25, -0.2) is 4.79 Å². The van der Waals surface area contributed by atoms with Crippen molar-refractivity contribution in [3.05, 3.63) is 16.0 Å². The summed E-state index contributed by atoms with van der Waals surface area (Å²) in [6.45, 7) is 0.783. The molecule has 0 bridgehead atoms. The third kappa shape index (κ3) is 2.76. The highest BCUT2D eigenvalue weighted by Gasteiger charge is 2.27. The van der Waals surface area contributed by atoms with Gasteiger partial charge >= 0.3 is 5.97 Å². The zero-order valence-electron chi connectivity index (χ0n) is 10.8. The van der Waals surface area contributed by atoms with Gasteiger partial charge in [0.05, 0.1) is 12.1 Å². The minimum absolute atomic E-state index is 0.445. The number of thioether (sulfide) groups is 1. The number of hydrogen-bond acceptors (Lipinski definition) is 5. The van der Waals surface area contributed by atoms with Gasteiger partial charge in [-0.15, -0.1) is 11.3 Å². The van der Waals surface area contributed by atoms with Crippen LogP contribution in [-0.2, 0) is 12.8 Å². The number of fused-ring (bicyclic) bond motifs is 1. The molecule has 2 heterocycles. The minimum atomic E-state index is -0.826. The number of aromatic carboxylic acids is 1. The van der Waals surface area contributed by atoms with Gasteiger partial charge in [-0.3, -0.25) is 4.99 Å². The molecule has 2 aliphatic rings. The topological polar surface area (TPSA) is 61.7 Å². The Morgan fingerprint density at radius 3 is 2.95 bits per heavy atom. The van der Waals surface area contributed by atoms with Gasteiger partial charge in [-0.2, -0.15) is 0 Å². The Morgan fingerprint density at radius 1 is 1.45 bits per heavy atom. The lowest BCUT2D eigenvalue weighted by molar-refractivity contribution is 0.0697. The molecule has 1 aromatic rings. The second-order valence-corrected chi connectivity index (χ2v) is 7.93. The molecule has 4 nitrogen and oxygen atoms in total. The van der Waals surface area contributed by atoms with Crippen molar-refractivity contribution in [2.45, 2.75) is 30.9 Å². The van der Waals surface area contributed by atoms with Crippen molar-refractivity contribution in [2.24, 2.45) is 4.99 Å². The van der Waals surface area contributed by atoms with E-state index in [0.29, 0.717) is 10.8 Å². The number of aliphatic imine (C=N–C) groups is 1. The normalized spacial score (nSPS) is 21.4. The average Bonchev–Trinajstić information content (AvgIpc) is 3.02. The molecule has 0 aromatic carbocycles. The lowest BCUT2D eigenvalue weighted by Gasteiger charge is -2.10. The van der Waals surface area contributed by atoms with E-state index < -0.39 is 5.97 Å². The number of carbonyl (C=O) groups is 1. The van der Waals surface area contributed by atoms with E-state index in [4.69, 9.17) is 0 Å². The molecule has 2 N–H and O–H groups in total. The summed E-state index contributed by atoms with van der Waals surface area (Å²) >= 11 is 6.73. The highest BCUT2D eigenvalue weighted by Crippen LogP contribution is 2.39. The van der Waals surface area contributed by atoms with Crippen LogP contribution in [0.5, 0.6) is 0 Å². The molecule has 0 saturated heterocycles. The van der Waals surface area contributed by atoms with Crippen LogP contribution in [-0.4, -0.2) is 33.4 Å². The molecule has 0 fully saturated rings. The SMILES string of the molecule is O=C(O)c1c(NC2=NCC(CBr)S2)sc2c1CCCC2. The first-order valence-corrected chi connectivity index (χ1v) is 9.42. The number of nitrogens with one attached hydrogen (secondary N) is 1. The largest absolute Gasteiger partial charge is 0.478 e. The van der Waals surface area contributed by atoms with Crippen molar-refractivity contribution in [1.82, 2.24) is 0 Å². The molecule has 3 rings (SSSR count). The van der Waals surface area contributed by atoms with Crippen LogP contribution in [0.2, 0.25) is 0 Å². The summed E-state index contributed by atoms with van der Waals surface area (Å²) in [5, 5.41) is 15.7. The molecule has 1 unspecified atom stereocenters. The van der Waals surface area contributed by atoms with E-state index in [-0.39, 0.29) is 0 Å². The van der Waals surface area contributed by atoms with Crippen molar-refractivity contribution in [3.63, 3.8) is 0 Å². The van der Waals surface area contributed by atoms with Gasteiger partial charge in [0.1, 0.15) is 5.00 Å². The number of carboxylic acid groups (broad SMARTS) is 1. The first kappa shape index (κ1) is 14.4. The predicted octanol–water partition coefficient (Wildman–Crippen LogP) is 3.60. The molecule has 1 aliphatic carbocycles. The Bertz CT molecular complexity index is 571. The van der Waals surface area contributed by atoms with E-state index in [0.717, 1.165) is 53.3 Å². The van der Waals surface area contributed by atoms with E-state index in [9.17, 15) is 9.90 Å². The Balaban J connectivity index is 1.86. The van der Waals surface area contributed by atoms with Crippen molar-refractivity contribution in [3.8, 4) is 0 Å². The highest BCUT2D eigenvalue weighted by molar-refractivity contribution is 9.09. The molecule has 0 amide bonds. The number of alkyl halides is 1. The summed E-state index contributed by atoms with van der Waals surface area (Å²) in [4.78, 5) is 17.2. The number of carboxylic acids is 1. The molecule has 0 spiro atoms. The van der Waals surface area contributed by atoms with Crippen LogP contribution in [0.1, 0.15) is 33.6 Å². The molecular weight excluding hydrogens is 360 g/mol. The van der Waals surface area contributed by atoms with Crippen LogP contribution in [0, 0.1) is 0 Å². The molecule has 1 aliphatic heterocycles. The summed E-state index contributed by atoms with van der Waals surface area (Å²) in [5.74, 6) is -0.826. The smallest absolute Gasteiger partial charge is 0.339 e. The van der Waals surface area contributed by atoms with Gasteiger partial charge < -0.3 is 10.4 Å². The zero-order chi connectivity index (χ0) is 14.1. The standard InChI is InChI=1S/C13H15BrN2O2S2/c14-5-7-6-15-13(19-7)16-11-10(12(17)18)8-3-1-2-4-9(8)20-11/h7H,1-6H2,(H,15,16)(H,17,18). The van der Waals surface area contributed by atoms with E-state index in [1.54, 1.807) is 23.1 Å². The van der Waals surface area contributed by atoms with Gasteiger partial charge in [0.15, 0.2) is 5.17 Å². The number of nitrogens with zero attached hydrogens (tertiary/aromatic N) is 1. The second kappa shape index (κ2) is 6.07. The first-order chi connectivity index (χ1) is 9.69. The predicted molar refractivity (Wildman–Crippen MR) is 89.0 cm³/mol. The fourth-order valence-electron chi connectivity index (χ4n) is 2.54. The maximum atomic E-state index is 11.6. The molecule has 0 saturated carbocycles. The third-order valence-corrected chi connectivity index (χ3v) is 7.02. The van der Waals surface area contributed by atoms with E-state index in [2.05, 4.69) is 26.2 Å². The van der Waals surface area contributed by atoms with Gasteiger partial charge in [0.2, 0.25) is 0 Å². The Kier molecular flexibility index (Phi) is 4.37. The van der Waals surface area contributed by atoms with Crippen LogP contribution < -0.4 is 5.32 Å². The van der Waals surface area contributed by atoms with Crippen molar-refractivity contribution in [1.29, 1.82) is 0 Å². The zero-order valence-corrected chi connectivity index (χ0v) is 14.0. The lowest BCUT2D eigenvalue weighted by atomic mass is 9.95. The van der Waals surface area contributed by atoms with E-state index >= 15 is 0 Å². The van der Waals surface area contributed by atoms with Crippen molar-refractivity contribution >= 4 is 55.2 Å². The number of hydrogen-bond donors (Lipinski definition) is 2. The molecule has 7 heteroatoms. The molecule has 20 heavy (non-hydrogen) atoms.